The van der Waals surface area contributed by atoms with E-state index in [0.29, 0.717) is 0 Å². The Morgan fingerprint density at radius 3 is 2.39 bits per heavy atom. The van der Waals surface area contributed by atoms with Gasteiger partial charge in [0.15, 0.2) is 5.78 Å². The zero-order chi connectivity index (χ0) is 13.9. The van der Waals surface area contributed by atoms with E-state index in [1.165, 1.54) is 0 Å². The van der Waals surface area contributed by atoms with Crippen molar-refractivity contribution in [3.63, 3.8) is 0 Å². The van der Waals surface area contributed by atoms with Crippen LogP contribution < -0.4 is 5.73 Å². The Balaban J connectivity index is 3.32. The van der Waals surface area contributed by atoms with Crippen LogP contribution in [0.1, 0.15) is 10.4 Å². The van der Waals surface area contributed by atoms with Crippen LogP contribution in [0.25, 0.3) is 0 Å². The Kier molecular flexibility index (Phi) is 4.34. The van der Waals surface area contributed by atoms with E-state index in [0.717, 1.165) is 18.2 Å². The number of thiol groups is 1. The van der Waals surface area contributed by atoms with Gasteiger partial charge < -0.3 is 5.73 Å². The summed E-state index contributed by atoms with van der Waals surface area (Å²) in [5.41, 5.74) is 4.08. The second kappa shape index (κ2) is 5.56. The van der Waals surface area contributed by atoms with Gasteiger partial charge in [-0.25, -0.2) is 0 Å². The van der Waals surface area contributed by atoms with E-state index in [-0.39, 0.29) is 11.3 Å². The van der Waals surface area contributed by atoms with Crippen LogP contribution in [0.4, 0.5) is 11.4 Å². The molecule has 0 spiro atoms. The average Bonchev–Trinajstić information content (AvgIpc) is 2.35. The second-order valence-electron chi connectivity index (χ2n) is 3.37. The van der Waals surface area contributed by atoms with Crippen molar-refractivity contribution in [1.82, 2.24) is 0 Å². The summed E-state index contributed by atoms with van der Waals surface area (Å²) in [4.78, 5) is 31.4. The van der Waals surface area contributed by atoms with Crippen molar-refractivity contribution in [2.45, 2.75) is 6.04 Å². The molecule has 0 aliphatic carbocycles. The molecule has 0 radical (unpaired) electrons. The SMILES string of the molecule is NC(CS)C(=O)c1ccc([N+](=O)[O-])cc1[N+](=O)[O-]. The van der Waals surface area contributed by atoms with Crippen LogP contribution in [0.2, 0.25) is 0 Å². The van der Waals surface area contributed by atoms with Crippen molar-refractivity contribution in [2.24, 2.45) is 5.73 Å². The first-order valence-corrected chi connectivity index (χ1v) is 5.35. The summed E-state index contributed by atoms with van der Waals surface area (Å²) in [6, 6.07) is 1.79. The minimum absolute atomic E-state index is 0.0208. The maximum absolute atomic E-state index is 11.7. The quantitative estimate of drug-likeness (QED) is 0.355. The number of non-ortho nitro benzene ring substituents is 1. The average molecular weight is 271 g/mol. The van der Waals surface area contributed by atoms with Gasteiger partial charge in [0.25, 0.3) is 11.4 Å². The number of carbonyl (C=O) groups excluding carboxylic acids is 1. The fourth-order valence-electron chi connectivity index (χ4n) is 1.28. The van der Waals surface area contributed by atoms with E-state index >= 15 is 0 Å². The molecule has 8 nitrogen and oxygen atoms in total. The van der Waals surface area contributed by atoms with Crippen LogP contribution in [-0.2, 0) is 0 Å². The highest BCUT2D eigenvalue weighted by Crippen LogP contribution is 2.25. The molecule has 1 aromatic carbocycles. The van der Waals surface area contributed by atoms with E-state index < -0.39 is 33.0 Å². The summed E-state index contributed by atoms with van der Waals surface area (Å²) in [5.74, 6) is -0.654. The molecule has 2 N–H and O–H groups in total. The standard InChI is InChI=1S/C9H9N3O5S/c10-7(4-18)9(13)6-2-1-5(11(14)15)3-8(6)12(16)17/h1-3,7,18H,4,10H2. The van der Waals surface area contributed by atoms with Crippen LogP contribution in [-0.4, -0.2) is 27.4 Å². The third-order valence-corrected chi connectivity index (χ3v) is 2.58. The molecule has 1 aromatic rings. The predicted octanol–water partition coefficient (Wildman–Crippen LogP) is 0.943. The molecular formula is C9H9N3O5S. The van der Waals surface area contributed by atoms with E-state index in [4.69, 9.17) is 5.73 Å². The molecular weight excluding hydrogens is 262 g/mol. The number of nitro benzene ring substituents is 2. The van der Waals surface area contributed by atoms with Gasteiger partial charge in [-0.1, -0.05) is 0 Å². The number of carbonyl (C=O) groups is 1. The zero-order valence-electron chi connectivity index (χ0n) is 8.98. The molecule has 0 aliphatic heterocycles. The van der Waals surface area contributed by atoms with Gasteiger partial charge in [-0.3, -0.25) is 25.0 Å². The van der Waals surface area contributed by atoms with Crippen LogP contribution >= 0.6 is 12.6 Å². The first kappa shape index (κ1) is 14.1. The van der Waals surface area contributed by atoms with Gasteiger partial charge >= 0.3 is 0 Å². The molecule has 1 atom stereocenters. The first-order chi connectivity index (χ1) is 8.38. The molecule has 1 rings (SSSR count). The maximum atomic E-state index is 11.7. The van der Waals surface area contributed by atoms with Crippen molar-refractivity contribution in [2.75, 3.05) is 5.75 Å². The Morgan fingerprint density at radius 2 is 1.94 bits per heavy atom. The van der Waals surface area contributed by atoms with Gasteiger partial charge in [-0.05, 0) is 6.07 Å². The second-order valence-corrected chi connectivity index (χ2v) is 3.73. The fraction of sp³-hybridized carbons (Fsp3) is 0.222. The molecule has 0 saturated carbocycles. The minimum atomic E-state index is -0.992. The Labute approximate surface area is 106 Å². The summed E-state index contributed by atoms with van der Waals surface area (Å²) in [7, 11) is 0. The van der Waals surface area contributed by atoms with Crippen molar-refractivity contribution in [1.29, 1.82) is 0 Å². The molecule has 0 aliphatic rings. The number of ketones is 1. The molecule has 0 saturated heterocycles. The number of hydrogen-bond acceptors (Lipinski definition) is 7. The van der Waals surface area contributed by atoms with Crippen molar-refractivity contribution in [3.8, 4) is 0 Å². The summed E-state index contributed by atoms with van der Waals surface area (Å²) < 4.78 is 0. The lowest BCUT2D eigenvalue weighted by Gasteiger charge is -2.07. The minimum Gasteiger partial charge on any atom is -0.321 e. The molecule has 0 fully saturated rings. The van der Waals surface area contributed by atoms with Crippen molar-refractivity contribution >= 4 is 29.8 Å². The Hall–Kier alpha value is -2.00. The molecule has 9 heteroatoms. The normalized spacial score (nSPS) is 11.9. The number of nitro groups is 2. The molecule has 0 amide bonds. The Morgan fingerprint density at radius 1 is 1.33 bits per heavy atom. The first-order valence-electron chi connectivity index (χ1n) is 4.72. The molecule has 18 heavy (non-hydrogen) atoms. The van der Waals surface area contributed by atoms with Gasteiger partial charge in [0.05, 0.1) is 27.5 Å². The highest BCUT2D eigenvalue weighted by molar-refractivity contribution is 7.80. The monoisotopic (exact) mass is 271 g/mol. The summed E-state index contributed by atoms with van der Waals surface area (Å²) in [6.45, 7) is 0. The third-order valence-electron chi connectivity index (χ3n) is 2.19. The summed E-state index contributed by atoms with van der Waals surface area (Å²) in [6.07, 6.45) is 0. The van der Waals surface area contributed by atoms with Gasteiger partial charge in [-0.15, -0.1) is 0 Å². The van der Waals surface area contributed by atoms with Gasteiger partial charge in [0.2, 0.25) is 0 Å². The number of nitrogens with zero attached hydrogens (tertiary/aromatic N) is 2. The van der Waals surface area contributed by atoms with Crippen LogP contribution in [0, 0.1) is 20.2 Å². The highest BCUT2D eigenvalue weighted by atomic mass is 32.1. The van der Waals surface area contributed by atoms with E-state index in [9.17, 15) is 25.0 Å². The maximum Gasteiger partial charge on any atom is 0.287 e. The molecule has 96 valence electrons. The number of nitrogens with two attached hydrogens (primary N) is 1. The summed E-state index contributed by atoms with van der Waals surface area (Å²) in [5, 5.41) is 21.3. The van der Waals surface area contributed by atoms with E-state index in [2.05, 4.69) is 12.6 Å². The fourth-order valence-corrected chi connectivity index (χ4v) is 1.44. The molecule has 0 heterocycles. The smallest absolute Gasteiger partial charge is 0.287 e. The largest absolute Gasteiger partial charge is 0.321 e. The number of rotatable bonds is 5. The lowest BCUT2D eigenvalue weighted by Crippen LogP contribution is -2.32. The van der Waals surface area contributed by atoms with Gasteiger partial charge in [-0.2, -0.15) is 12.6 Å². The predicted molar refractivity (Wildman–Crippen MR) is 65.9 cm³/mol. The van der Waals surface area contributed by atoms with Crippen molar-refractivity contribution < 1.29 is 14.6 Å². The third kappa shape index (κ3) is 2.81. The van der Waals surface area contributed by atoms with Crippen LogP contribution in [0.3, 0.4) is 0 Å². The van der Waals surface area contributed by atoms with E-state index in [1.54, 1.807) is 0 Å². The zero-order valence-corrected chi connectivity index (χ0v) is 9.87. The molecule has 1 unspecified atom stereocenters. The molecule has 0 aromatic heterocycles. The van der Waals surface area contributed by atoms with E-state index in [1.807, 2.05) is 0 Å². The lowest BCUT2D eigenvalue weighted by atomic mass is 10.0. The molecule has 0 bridgehead atoms. The van der Waals surface area contributed by atoms with Gasteiger partial charge in [0.1, 0.15) is 0 Å². The number of Topliss-reactive ketones (excluding diaryl/α,β-unsaturated/α-hetero) is 1. The number of benzene rings is 1. The lowest BCUT2D eigenvalue weighted by molar-refractivity contribution is -0.394. The van der Waals surface area contributed by atoms with Crippen LogP contribution in [0.15, 0.2) is 18.2 Å². The topological polar surface area (TPSA) is 129 Å². The van der Waals surface area contributed by atoms with Crippen molar-refractivity contribution in [3.05, 3.63) is 44.0 Å². The highest BCUT2D eigenvalue weighted by Gasteiger charge is 2.26. The van der Waals surface area contributed by atoms with Crippen LogP contribution in [0.5, 0.6) is 0 Å². The Bertz CT molecular complexity index is 519. The summed E-state index contributed by atoms with van der Waals surface area (Å²) >= 11 is 3.82. The van der Waals surface area contributed by atoms with Gasteiger partial charge in [0, 0.05) is 11.8 Å². The number of hydrogen-bond donors (Lipinski definition) is 2.